The first-order valence-electron chi connectivity index (χ1n) is 12.9. The van der Waals surface area contributed by atoms with Crippen LogP contribution in [-0.2, 0) is 9.53 Å². The van der Waals surface area contributed by atoms with Gasteiger partial charge in [-0.15, -0.1) is 11.8 Å². The summed E-state index contributed by atoms with van der Waals surface area (Å²) >= 11 is 1.51. The molecule has 10 nitrogen and oxygen atoms in total. The number of anilines is 3. The molecule has 0 aliphatic carbocycles. The van der Waals surface area contributed by atoms with Gasteiger partial charge in [0, 0.05) is 48.5 Å². The van der Waals surface area contributed by atoms with Crippen LogP contribution >= 0.6 is 11.8 Å². The maximum absolute atomic E-state index is 12.8. The van der Waals surface area contributed by atoms with Gasteiger partial charge in [-0.1, -0.05) is 0 Å². The number of methoxy groups -OCH3 is 1. The molecule has 4 aliphatic heterocycles. The minimum atomic E-state index is -0.336. The molecular formula is C27H28N6O4S. The summed E-state index contributed by atoms with van der Waals surface area (Å²) in [5.41, 5.74) is 4.30. The van der Waals surface area contributed by atoms with E-state index in [-0.39, 0.29) is 18.1 Å². The van der Waals surface area contributed by atoms with Crippen LogP contribution in [0.5, 0.6) is 5.88 Å². The number of rotatable bonds is 5. The van der Waals surface area contributed by atoms with Crippen LogP contribution in [0.2, 0.25) is 0 Å². The molecule has 3 saturated heterocycles. The number of amides is 2. The van der Waals surface area contributed by atoms with E-state index >= 15 is 0 Å². The number of fused-ring (bicyclic) bond motifs is 3. The Morgan fingerprint density at radius 1 is 1.16 bits per heavy atom. The van der Waals surface area contributed by atoms with Crippen molar-refractivity contribution in [3.05, 3.63) is 42.6 Å². The van der Waals surface area contributed by atoms with E-state index < -0.39 is 0 Å². The summed E-state index contributed by atoms with van der Waals surface area (Å²) in [5.74, 6) is 1.53. The third kappa shape index (κ3) is 4.10. The molecule has 11 heteroatoms. The number of cyclic esters (lactones) is 1. The van der Waals surface area contributed by atoms with Gasteiger partial charge in [-0.25, -0.2) is 9.78 Å². The summed E-state index contributed by atoms with van der Waals surface area (Å²) < 4.78 is 11.2. The number of carbonyl (C=O) groups excluding carboxylic acids is 2. The monoisotopic (exact) mass is 532 g/mol. The second-order valence-corrected chi connectivity index (χ2v) is 11.2. The average Bonchev–Trinajstić information content (AvgIpc) is 3.63. The molecular weight excluding hydrogens is 504 g/mol. The second-order valence-electron chi connectivity index (χ2n) is 10.2. The normalized spacial score (nSPS) is 24.9. The van der Waals surface area contributed by atoms with Crippen molar-refractivity contribution in [2.24, 2.45) is 5.92 Å². The van der Waals surface area contributed by atoms with Crippen molar-refractivity contribution in [2.45, 2.75) is 23.5 Å². The number of hydrogen-bond acceptors (Lipinski definition) is 9. The van der Waals surface area contributed by atoms with Crippen LogP contribution in [0.25, 0.3) is 11.0 Å². The van der Waals surface area contributed by atoms with E-state index in [2.05, 4.69) is 25.1 Å². The zero-order chi connectivity index (χ0) is 25.8. The molecule has 3 atom stereocenters. The molecule has 0 radical (unpaired) electrons. The highest BCUT2D eigenvalue weighted by molar-refractivity contribution is 8.00. The topological polar surface area (TPSA) is 100 Å². The number of aromatic nitrogens is 2. The molecule has 3 fully saturated rings. The minimum Gasteiger partial charge on any atom is -0.481 e. The predicted molar refractivity (Wildman–Crippen MR) is 145 cm³/mol. The van der Waals surface area contributed by atoms with E-state index in [9.17, 15) is 9.59 Å². The van der Waals surface area contributed by atoms with Crippen LogP contribution < -0.4 is 19.9 Å². The van der Waals surface area contributed by atoms with E-state index in [4.69, 9.17) is 9.47 Å². The second kappa shape index (κ2) is 9.32. The van der Waals surface area contributed by atoms with E-state index in [0.29, 0.717) is 36.7 Å². The SMILES string of the molecule is COc1ccc2nccc(N3C[C@H]4CCN(C[C@@H]5CN(c6ccc7c(c6)NC(=O)CS7)C(=O)O5)[C@H]4C3)c2n1. The fourth-order valence-corrected chi connectivity index (χ4v) is 6.95. The number of nitrogens with one attached hydrogen (secondary N) is 1. The van der Waals surface area contributed by atoms with Crippen LogP contribution in [0.4, 0.5) is 21.9 Å². The quantitative estimate of drug-likeness (QED) is 0.531. The van der Waals surface area contributed by atoms with Crippen molar-refractivity contribution >= 4 is 51.9 Å². The Morgan fingerprint density at radius 2 is 2.08 bits per heavy atom. The third-order valence-corrected chi connectivity index (χ3v) is 9.04. The van der Waals surface area contributed by atoms with Crippen molar-refractivity contribution in [2.75, 3.05) is 60.7 Å². The molecule has 0 spiro atoms. The highest BCUT2D eigenvalue weighted by atomic mass is 32.2. The number of benzene rings is 1. The summed E-state index contributed by atoms with van der Waals surface area (Å²) in [6.45, 7) is 4.07. The maximum atomic E-state index is 12.8. The first-order chi connectivity index (χ1) is 18.6. The highest BCUT2D eigenvalue weighted by Gasteiger charge is 2.44. The van der Waals surface area contributed by atoms with E-state index in [1.807, 2.05) is 42.6 Å². The summed E-state index contributed by atoms with van der Waals surface area (Å²) in [6, 6.07) is 12.0. The van der Waals surface area contributed by atoms with Crippen LogP contribution in [0.15, 0.2) is 47.5 Å². The summed E-state index contributed by atoms with van der Waals surface area (Å²) in [4.78, 5) is 41.3. The summed E-state index contributed by atoms with van der Waals surface area (Å²) in [5, 5.41) is 2.90. The Morgan fingerprint density at radius 3 is 2.97 bits per heavy atom. The minimum absolute atomic E-state index is 0.0228. The van der Waals surface area contributed by atoms with Crippen LogP contribution in [-0.4, -0.2) is 84.6 Å². The molecule has 38 heavy (non-hydrogen) atoms. The average molecular weight is 533 g/mol. The van der Waals surface area contributed by atoms with Gasteiger partial charge in [0.15, 0.2) is 0 Å². The number of pyridine rings is 2. The number of likely N-dealkylation sites (tertiary alicyclic amines) is 1. The zero-order valence-electron chi connectivity index (χ0n) is 21.0. The highest BCUT2D eigenvalue weighted by Crippen LogP contribution is 2.38. The van der Waals surface area contributed by atoms with Crippen LogP contribution in [0.3, 0.4) is 0 Å². The first kappa shape index (κ1) is 23.5. The van der Waals surface area contributed by atoms with E-state index in [1.54, 1.807) is 12.0 Å². The van der Waals surface area contributed by atoms with Crippen molar-refractivity contribution in [1.29, 1.82) is 0 Å². The van der Waals surface area contributed by atoms with Crippen molar-refractivity contribution in [1.82, 2.24) is 14.9 Å². The number of carbonyl (C=O) groups is 2. The Balaban J connectivity index is 1.04. The molecule has 1 N–H and O–H groups in total. The van der Waals surface area contributed by atoms with Gasteiger partial charge >= 0.3 is 6.09 Å². The molecule has 2 aromatic heterocycles. The van der Waals surface area contributed by atoms with E-state index in [0.717, 1.165) is 59.0 Å². The summed E-state index contributed by atoms with van der Waals surface area (Å²) in [6.07, 6.45) is 2.42. The lowest BCUT2D eigenvalue weighted by molar-refractivity contribution is -0.113. The number of thioether (sulfide) groups is 1. The molecule has 6 heterocycles. The Bertz CT molecular complexity index is 1440. The van der Waals surface area contributed by atoms with Gasteiger partial charge in [0.1, 0.15) is 11.6 Å². The van der Waals surface area contributed by atoms with Gasteiger partial charge in [-0.2, -0.15) is 0 Å². The Labute approximate surface area is 224 Å². The van der Waals surface area contributed by atoms with Crippen LogP contribution in [0, 0.1) is 5.92 Å². The van der Waals surface area contributed by atoms with Crippen molar-refractivity contribution < 1.29 is 19.1 Å². The van der Waals surface area contributed by atoms with Crippen molar-refractivity contribution in [3.8, 4) is 5.88 Å². The van der Waals surface area contributed by atoms with Gasteiger partial charge in [-0.05, 0) is 49.2 Å². The Kier molecular flexibility index (Phi) is 5.77. The fraction of sp³-hybridized carbons (Fsp3) is 0.407. The van der Waals surface area contributed by atoms with Gasteiger partial charge in [0.25, 0.3) is 0 Å². The van der Waals surface area contributed by atoms with Crippen molar-refractivity contribution in [3.63, 3.8) is 0 Å². The lowest BCUT2D eigenvalue weighted by atomic mass is 10.1. The molecule has 0 bridgehead atoms. The lowest BCUT2D eigenvalue weighted by Gasteiger charge is -2.27. The number of ether oxygens (including phenoxy) is 2. The fourth-order valence-electron chi connectivity index (χ4n) is 6.16. The zero-order valence-corrected chi connectivity index (χ0v) is 21.8. The molecule has 2 amide bonds. The van der Waals surface area contributed by atoms with E-state index in [1.165, 1.54) is 11.8 Å². The molecule has 4 aliphatic rings. The van der Waals surface area contributed by atoms with Gasteiger partial charge < -0.3 is 19.7 Å². The van der Waals surface area contributed by atoms with Gasteiger partial charge in [-0.3, -0.25) is 19.6 Å². The molecule has 196 valence electrons. The molecule has 0 saturated carbocycles. The molecule has 0 unspecified atom stereocenters. The molecule has 7 rings (SSSR count). The third-order valence-electron chi connectivity index (χ3n) is 7.97. The van der Waals surface area contributed by atoms with Gasteiger partial charge in [0.2, 0.25) is 11.8 Å². The Hall–Kier alpha value is -3.57. The number of nitrogens with zero attached hydrogens (tertiary/aromatic N) is 5. The molecule has 1 aromatic carbocycles. The smallest absolute Gasteiger partial charge is 0.414 e. The maximum Gasteiger partial charge on any atom is 0.414 e. The lowest BCUT2D eigenvalue weighted by Crippen LogP contribution is -2.41. The standard InChI is InChI=1S/C27H28N6O4S/c1-36-25-5-3-19-26(30-25)21(6-8-28-19)32-11-16-7-9-31(22(16)14-32)12-18-13-33(27(35)37-18)17-2-4-23-20(10-17)29-24(34)15-38-23/h2-6,8,10,16,18,22H,7,9,11-15H2,1H3,(H,29,34)/t16-,18-,22+/m1/s1. The number of hydrogen-bond donors (Lipinski definition) is 1. The van der Waals surface area contributed by atoms with Crippen LogP contribution in [0.1, 0.15) is 6.42 Å². The first-order valence-corrected chi connectivity index (χ1v) is 13.9. The molecule has 3 aromatic rings. The predicted octanol–water partition coefficient (Wildman–Crippen LogP) is 3.22. The van der Waals surface area contributed by atoms with Gasteiger partial charge in [0.05, 0.1) is 36.3 Å². The summed E-state index contributed by atoms with van der Waals surface area (Å²) in [7, 11) is 1.63. The largest absolute Gasteiger partial charge is 0.481 e.